The molecule has 0 spiro atoms. The summed E-state index contributed by atoms with van der Waals surface area (Å²) >= 11 is 0. The third kappa shape index (κ3) is 4.67. The minimum Gasteiger partial charge on any atom is -0.463 e. The van der Waals surface area contributed by atoms with Crippen LogP contribution >= 0.6 is 0 Å². The maximum Gasteiger partial charge on any atom is 0.269 e. The molecule has 164 valence electrons. The molecule has 0 unspecified atom stereocenters. The van der Waals surface area contributed by atoms with Crippen LogP contribution in [0.2, 0.25) is 0 Å². The van der Waals surface area contributed by atoms with Crippen molar-refractivity contribution >= 4 is 11.6 Å². The number of nitro benzene ring substituents is 1. The Hall–Kier alpha value is -3.05. The van der Waals surface area contributed by atoms with Gasteiger partial charge in [-0.3, -0.25) is 14.9 Å². The number of nitrogens with one attached hydrogen (secondary N) is 1. The van der Waals surface area contributed by atoms with Gasteiger partial charge in [-0.15, -0.1) is 0 Å². The van der Waals surface area contributed by atoms with E-state index in [4.69, 9.17) is 18.9 Å². The van der Waals surface area contributed by atoms with E-state index >= 15 is 0 Å². The third-order valence-electron chi connectivity index (χ3n) is 5.11. The van der Waals surface area contributed by atoms with Crippen molar-refractivity contribution in [3.63, 3.8) is 0 Å². The first kappa shape index (κ1) is 21.2. The molecular formula is C21H22N2O8. The molecule has 2 aliphatic heterocycles. The number of fused-ring (bicyclic) bond motifs is 1. The topological polar surface area (TPSA) is 129 Å². The zero-order valence-electron chi connectivity index (χ0n) is 16.6. The van der Waals surface area contributed by atoms with Crippen LogP contribution in [0, 0.1) is 10.1 Å². The Bertz CT molecular complexity index is 923. The van der Waals surface area contributed by atoms with Crippen LogP contribution in [-0.2, 0) is 19.0 Å². The van der Waals surface area contributed by atoms with Crippen molar-refractivity contribution in [3.05, 3.63) is 70.3 Å². The molecule has 31 heavy (non-hydrogen) atoms. The average Bonchev–Trinajstić information content (AvgIpc) is 2.77. The highest BCUT2D eigenvalue weighted by Gasteiger charge is 2.50. The number of amides is 1. The summed E-state index contributed by atoms with van der Waals surface area (Å²) in [5, 5.41) is 24.5. The predicted molar refractivity (Wildman–Crippen MR) is 106 cm³/mol. The largest absolute Gasteiger partial charge is 0.463 e. The molecule has 10 nitrogen and oxygen atoms in total. The predicted octanol–water partition coefficient (Wildman–Crippen LogP) is 1.68. The van der Waals surface area contributed by atoms with Crippen LogP contribution < -0.4 is 10.1 Å². The van der Waals surface area contributed by atoms with Gasteiger partial charge in [-0.05, 0) is 12.1 Å². The van der Waals surface area contributed by atoms with Crippen molar-refractivity contribution in [2.45, 2.75) is 43.9 Å². The fourth-order valence-electron chi connectivity index (χ4n) is 3.64. The van der Waals surface area contributed by atoms with Gasteiger partial charge in [0.05, 0.1) is 11.5 Å². The highest BCUT2D eigenvalue weighted by molar-refractivity contribution is 5.73. The summed E-state index contributed by atoms with van der Waals surface area (Å²) in [6, 6.07) is 13.8. The standard InChI is InChI=1S/C21H22N2O8/c1-12(24)22-17-18(25)19-16(11-28-20(31-19)13-5-3-2-4-6-13)30-21(17)29-15-9-7-14(8-10-15)23(26)27/h2-10,16-21,25H,11H2,1H3,(H,22,24)/t16-,17-,18-,19-,20+,21-/m1/s1. The smallest absolute Gasteiger partial charge is 0.269 e. The first-order chi connectivity index (χ1) is 14.9. The second-order valence-corrected chi connectivity index (χ2v) is 7.31. The lowest BCUT2D eigenvalue weighted by Gasteiger charge is -2.47. The molecule has 4 rings (SSSR count). The van der Waals surface area contributed by atoms with Gasteiger partial charge in [0.15, 0.2) is 6.29 Å². The highest BCUT2D eigenvalue weighted by Crippen LogP contribution is 2.35. The summed E-state index contributed by atoms with van der Waals surface area (Å²) in [7, 11) is 0. The van der Waals surface area contributed by atoms with Gasteiger partial charge >= 0.3 is 0 Å². The van der Waals surface area contributed by atoms with E-state index < -0.39 is 41.9 Å². The summed E-state index contributed by atoms with van der Waals surface area (Å²) in [5.41, 5.74) is 0.713. The van der Waals surface area contributed by atoms with E-state index in [0.717, 1.165) is 5.56 Å². The number of aliphatic hydroxyl groups is 1. The van der Waals surface area contributed by atoms with Crippen LogP contribution in [-0.4, -0.2) is 53.2 Å². The van der Waals surface area contributed by atoms with Crippen molar-refractivity contribution in [1.29, 1.82) is 0 Å². The molecule has 2 heterocycles. The van der Waals surface area contributed by atoms with Gasteiger partial charge in [-0.2, -0.15) is 0 Å². The summed E-state index contributed by atoms with van der Waals surface area (Å²) in [6.45, 7) is 1.47. The molecule has 0 radical (unpaired) electrons. The Morgan fingerprint density at radius 2 is 1.87 bits per heavy atom. The summed E-state index contributed by atoms with van der Waals surface area (Å²) in [5.74, 6) is -0.0912. The molecule has 2 fully saturated rings. The second kappa shape index (κ2) is 8.98. The molecule has 2 N–H and O–H groups in total. The van der Waals surface area contributed by atoms with Crippen molar-refractivity contribution in [3.8, 4) is 5.75 Å². The van der Waals surface area contributed by atoms with Gasteiger partial charge in [0, 0.05) is 24.6 Å². The molecule has 2 aromatic carbocycles. The highest BCUT2D eigenvalue weighted by atomic mass is 16.7. The number of hydrogen-bond acceptors (Lipinski definition) is 8. The van der Waals surface area contributed by atoms with E-state index in [1.165, 1.54) is 31.2 Å². The van der Waals surface area contributed by atoms with E-state index in [0.29, 0.717) is 0 Å². The summed E-state index contributed by atoms with van der Waals surface area (Å²) in [6.07, 6.45) is -4.26. The Kier molecular flexibility index (Phi) is 6.14. The molecule has 0 saturated carbocycles. The first-order valence-corrected chi connectivity index (χ1v) is 9.76. The van der Waals surface area contributed by atoms with E-state index in [2.05, 4.69) is 5.32 Å². The zero-order chi connectivity index (χ0) is 22.0. The molecule has 2 aliphatic rings. The monoisotopic (exact) mass is 430 g/mol. The van der Waals surface area contributed by atoms with Gasteiger partial charge < -0.3 is 29.4 Å². The van der Waals surface area contributed by atoms with E-state index in [1.54, 1.807) is 0 Å². The summed E-state index contributed by atoms with van der Waals surface area (Å²) in [4.78, 5) is 22.1. The van der Waals surface area contributed by atoms with Gasteiger partial charge in [0.1, 0.15) is 30.1 Å². The Balaban J connectivity index is 1.52. The van der Waals surface area contributed by atoms with Crippen molar-refractivity contribution in [2.75, 3.05) is 6.61 Å². The van der Waals surface area contributed by atoms with Gasteiger partial charge in [-0.25, -0.2) is 0 Å². The van der Waals surface area contributed by atoms with Gasteiger partial charge in [-0.1, -0.05) is 30.3 Å². The minimum atomic E-state index is -1.14. The average molecular weight is 430 g/mol. The number of nitro groups is 1. The Morgan fingerprint density at radius 1 is 1.16 bits per heavy atom. The maximum atomic E-state index is 11.7. The lowest BCUT2D eigenvalue weighted by Crippen LogP contribution is -2.67. The van der Waals surface area contributed by atoms with E-state index in [9.17, 15) is 20.0 Å². The minimum absolute atomic E-state index is 0.0866. The van der Waals surface area contributed by atoms with Gasteiger partial charge in [0.2, 0.25) is 12.2 Å². The summed E-state index contributed by atoms with van der Waals surface area (Å²) < 4.78 is 23.5. The van der Waals surface area contributed by atoms with Crippen LogP contribution in [0.4, 0.5) is 5.69 Å². The van der Waals surface area contributed by atoms with E-state index in [1.807, 2.05) is 30.3 Å². The number of non-ortho nitro benzene ring substituents is 1. The van der Waals surface area contributed by atoms with Crippen LogP contribution in [0.25, 0.3) is 0 Å². The molecule has 10 heteroatoms. The Labute approximate surface area is 177 Å². The van der Waals surface area contributed by atoms with Crippen LogP contribution in [0.1, 0.15) is 18.8 Å². The molecule has 0 aromatic heterocycles. The number of nitrogens with zero attached hydrogens (tertiary/aromatic N) is 1. The van der Waals surface area contributed by atoms with Gasteiger partial charge in [0.25, 0.3) is 5.69 Å². The molecule has 0 bridgehead atoms. The second-order valence-electron chi connectivity index (χ2n) is 7.31. The lowest BCUT2D eigenvalue weighted by molar-refractivity contribution is -0.384. The number of carbonyl (C=O) groups is 1. The number of hydrogen-bond donors (Lipinski definition) is 2. The van der Waals surface area contributed by atoms with Crippen LogP contribution in [0.5, 0.6) is 5.75 Å². The molecule has 2 saturated heterocycles. The quantitative estimate of drug-likeness (QED) is 0.541. The first-order valence-electron chi connectivity index (χ1n) is 9.76. The number of rotatable bonds is 5. The van der Waals surface area contributed by atoms with E-state index in [-0.39, 0.29) is 24.0 Å². The normalized spacial score (nSPS) is 30.1. The SMILES string of the molecule is CC(=O)N[C@H]1[C@H](Oc2ccc([N+](=O)[O-])cc2)O[C@@H]2CO[C@H](c3ccccc3)O[C@H]2[C@@H]1O. The van der Waals surface area contributed by atoms with Crippen molar-refractivity contribution in [1.82, 2.24) is 5.32 Å². The van der Waals surface area contributed by atoms with Crippen molar-refractivity contribution < 1.29 is 33.8 Å². The number of carbonyl (C=O) groups excluding carboxylic acids is 1. The molecule has 2 aromatic rings. The third-order valence-corrected chi connectivity index (χ3v) is 5.11. The Morgan fingerprint density at radius 3 is 2.52 bits per heavy atom. The number of benzene rings is 2. The van der Waals surface area contributed by atoms with Crippen LogP contribution in [0.3, 0.4) is 0 Å². The number of ether oxygens (including phenoxy) is 4. The number of aliphatic hydroxyl groups excluding tert-OH is 1. The van der Waals surface area contributed by atoms with Crippen molar-refractivity contribution in [2.24, 2.45) is 0 Å². The maximum absolute atomic E-state index is 11.7. The fraction of sp³-hybridized carbons (Fsp3) is 0.381. The molecule has 1 amide bonds. The fourth-order valence-corrected chi connectivity index (χ4v) is 3.64. The molecular weight excluding hydrogens is 408 g/mol. The van der Waals surface area contributed by atoms with Crippen LogP contribution in [0.15, 0.2) is 54.6 Å². The lowest BCUT2D eigenvalue weighted by atomic mass is 9.95. The zero-order valence-corrected chi connectivity index (χ0v) is 16.6. The molecule has 6 atom stereocenters. The molecule has 0 aliphatic carbocycles.